The molecule has 0 saturated carbocycles. The van der Waals surface area contributed by atoms with E-state index < -0.39 is 0 Å². The van der Waals surface area contributed by atoms with Gasteiger partial charge in [0.25, 0.3) is 5.56 Å². The molecule has 0 aliphatic heterocycles. The number of hydrogen-bond acceptors (Lipinski definition) is 2. The van der Waals surface area contributed by atoms with E-state index in [9.17, 15) is 4.79 Å². The number of aromatic nitrogens is 2. The first kappa shape index (κ1) is 13.1. The van der Waals surface area contributed by atoms with E-state index in [1.807, 2.05) is 48.5 Å². The second-order valence-corrected chi connectivity index (χ2v) is 5.29. The van der Waals surface area contributed by atoms with Gasteiger partial charge in [-0.1, -0.05) is 34.1 Å². The van der Waals surface area contributed by atoms with Gasteiger partial charge >= 0.3 is 0 Å². The van der Waals surface area contributed by atoms with E-state index in [0.717, 1.165) is 22.0 Å². The van der Waals surface area contributed by atoms with Gasteiger partial charge in [0.15, 0.2) is 0 Å². The van der Waals surface area contributed by atoms with Crippen LogP contribution in [0.4, 0.5) is 0 Å². The highest BCUT2D eigenvalue weighted by Gasteiger charge is 2.10. The number of para-hydroxylation sites is 1. The highest BCUT2D eigenvalue weighted by molar-refractivity contribution is 9.09. The van der Waals surface area contributed by atoms with Crippen LogP contribution in [0, 0.1) is 0 Å². The molecule has 0 fully saturated rings. The summed E-state index contributed by atoms with van der Waals surface area (Å²) in [5.74, 6) is 0. The van der Waals surface area contributed by atoms with E-state index in [1.54, 1.807) is 10.8 Å². The molecule has 0 bridgehead atoms. The maximum Gasteiger partial charge on any atom is 0.260 e. The number of fused-ring (bicyclic) bond motifs is 1. The van der Waals surface area contributed by atoms with Crippen molar-refractivity contribution in [2.24, 2.45) is 0 Å². The molecule has 2 aromatic heterocycles. The summed E-state index contributed by atoms with van der Waals surface area (Å²) < 4.78 is 1.69. The van der Waals surface area contributed by atoms with Crippen LogP contribution in [0.3, 0.4) is 0 Å². The minimum atomic E-state index is 0.00171. The number of benzene rings is 1. The van der Waals surface area contributed by atoms with Gasteiger partial charge in [-0.15, -0.1) is 0 Å². The summed E-state index contributed by atoms with van der Waals surface area (Å²) in [7, 11) is 0. The zero-order chi connectivity index (χ0) is 13.9. The van der Waals surface area contributed by atoms with Crippen molar-refractivity contribution in [1.82, 2.24) is 9.55 Å². The average Bonchev–Trinajstić information content (AvgIpc) is 2.49. The molecule has 0 spiro atoms. The van der Waals surface area contributed by atoms with Crippen molar-refractivity contribution in [2.45, 2.75) is 6.42 Å². The molecule has 0 amide bonds. The zero-order valence-corrected chi connectivity index (χ0v) is 12.4. The van der Waals surface area contributed by atoms with Crippen molar-refractivity contribution in [3.05, 3.63) is 70.6 Å². The quantitative estimate of drug-likeness (QED) is 0.691. The Hall–Kier alpha value is -1.94. The van der Waals surface area contributed by atoms with Crippen molar-refractivity contribution >= 4 is 27.0 Å². The van der Waals surface area contributed by atoms with Crippen LogP contribution in [0.15, 0.2) is 59.5 Å². The number of halogens is 1. The molecule has 100 valence electrons. The lowest BCUT2D eigenvalue weighted by molar-refractivity contribution is 0.967. The maximum absolute atomic E-state index is 12.7. The third kappa shape index (κ3) is 2.27. The Morgan fingerprint density at radius 1 is 1.10 bits per heavy atom. The number of pyridine rings is 2. The van der Waals surface area contributed by atoms with Gasteiger partial charge < -0.3 is 0 Å². The first-order chi connectivity index (χ1) is 9.81. The Labute approximate surface area is 125 Å². The fraction of sp³-hybridized carbons (Fsp3) is 0.125. The SMILES string of the molecule is O=c1c(CCBr)cc2cccnc2n1-c1ccccc1. The van der Waals surface area contributed by atoms with E-state index in [-0.39, 0.29) is 5.56 Å². The summed E-state index contributed by atoms with van der Waals surface area (Å²) in [6, 6.07) is 15.4. The third-order valence-electron chi connectivity index (χ3n) is 3.21. The molecule has 0 unspecified atom stereocenters. The van der Waals surface area contributed by atoms with E-state index in [1.165, 1.54) is 0 Å². The van der Waals surface area contributed by atoms with Crippen LogP contribution in [0.1, 0.15) is 5.56 Å². The summed E-state index contributed by atoms with van der Waals surface area (Å²) >= 11 is 3.40. The van der Waals surface area contributed by atoms with Gasteiger partial charge in [0.05, 0.1) is 5.69 Å². The van der Waals surface area contributed by atoms with Crippen molar-refractivity contribution in [3.63, 3.8) is 0 Å². The normalized spacial score (nSPS) is 10.8. The number of aryl methyl sites for hydroxylation is 1. The molecular weight excluding hydrogens is 316 g/mol. The Kier molecular flexibility index (Phi) is 3.65. The fourth-order valence-electron chi connectivity index (χ4n) is 2.30. The number of hydrogen-bond donors (Lipinski definition) is 0. The van der Waals surface area contributed by atoms with Crippen LogP contribution >= 0.6 is 15.9 Å². The molecule has 0 radical (unpaired) electrons. The Bertz CT molecular complexity index is 796. The number of nitrogens with zero attached hydrogens (tertiary/aromatic N) is 2. The molecule has 0 saturated heterocycles. The van der Waals surface area contributed by atoms with Crippen molar-refractivity contribution in [2.75, 3.05) is 5.33 Å². The van der Waals surface area contributed by atoms with Gasteiger partial charge in [0.1, 0.15) is 5.65 Å². The Morgan fingerprint density at radius 3 is 2.65 bits per heavy atom. The molecule has 20 heavy (non-hydrogen) atoms. The van der Waals surface area contributed by atoms with E-state index in [0.29, 0.717) is 12.1 Å². The van der Waals surface area contributed by atoms with Crippen molar-refractivity contribution < 1.29 is 0 Å². The van der Waals surface area contributed by atoms with Gasteiger partial charge in [-0.25, -0.2) is 4.98 Å². The van der Waals surface area contributed by atoms with E-state index in [4.69, 9.17) is 0 Å². The molecule has 0 N–H and O–H groups in total. The first-order valence-electron chi connectivity index (χ1n) is 6.42. The maximum atomic E-state index is 12.7. The third-order valence-corrected chi connectivity index (χ3v) is 3.61. The lowest BCUT2D eigenvalue weighted by atomic mass is 10.1. The minimum Gasteiger partial charge on any atom is -0.269 e. The molecule has 3 nitrogen and oxygen atoms in total. The van der Waals surface area contributed by atoms with Gasteiger partial charge in [-0.05, 0) is 36.8 Å². The highest BCUT2D eigenvalue weighted by atomic mass is 79.9. The van der Waals surface area contributed by atoms with Crippen molar-refractivity contribution in [3.8, 4) is 5.69 Å². The van der Waals surface area contributed by atoms with Gasteiger partial charge in [0, 0.05) is 22.5 Å². The second-order valence-electron chi connectivity index (χ2n) is 4.50. The first-order valence-corrected chi connectivity index (χ1v) is 7.54. The smallest absolute Gasteiger partial charge is 0.260 e. The molecule has 0 aliphatic rings. The van der Waals surface area contributed by atoms with E-state index >= 15 is 0 Å². The van der Waals surface area contributed by atoms with Crippen LogP contribution < -0.4 is 5.56 Å². The molecule has 1 aromatic carbocycles. The largest absolute Gasteiger partial charge is 0.269 e. The molecule has 3 aromatic rings. The standard InChI is InChI=1S/C16H13BrN2O/c17-9-8-13-11-12-5-4-10-18-15(12)19(16(13)20)14-6-2-1-3-7-14/h1-7,10-11H,8-9H2. The zero-order valence-electron chi connectivity index (χ0n) is 10.8. The molecule has 4 heteroatoms. The summed E-state index contributed by atoms with van der Waals surface area (Å²) in [5, 5.41) is 1.75. The summed E-state index contributed by atoms with van der Waals surface area (Å²) in [6.45, 7) is 0. The average molecular weight is 329 g/mol. The van der Waals surface area contributed by atoms with E-state index in [2.05, 4.69) is 20.9 Å². The molecule has 2 heterocycles. The predicted molar refractivity (Wildman–Crippen MR) is 84.8 cm³/mol. The van der Waals surface area contributed by atoms with Crippen LogP contribution in [0.5, 0.6) is 0 Å². The lowest BCUT2D eigenvalue weighted by Gasteiger charge is -2.11. The van der Waals surface area contributed by atoms with Gasteiger partial charge in [-0.3, -0.25) is 9.36 Å². The highest BCUT2D eigenvalue weighted by Crippen LogP contribution is 2.16. The Morgan fingerprint density at radius 2 is 1.90 bits per heavy atom. The van der Waals surface area contributed by atoms with Crippen LogP contribution in [-0.4, -0.2) is 14.9 Å². The minimum absolute atomic E-state index is 0.00171. The Balaban J connectivity index is 2.38. The monoisotopic (exact) mass is 328 g/mol. The number of rotatable bonds is 3. The van der Waals surface area contributed by atoms with Crippen molar-refractivity contribution in [1.29, 1.82) is 0 Å². The summed E-state index contributed by atoms with van der Waals surface area (Å²) in [4.78, 5) is 17.0. The van der Waals surface area contributed by atoms with Crippen LogP contribution in [0.2, 0.25) is 0 Å². The number of alkyl halides is 1. The van der Waals surface area contributed by atoms with Crippen LogP contribution in [0.25, 0.3) is 16.7 Å². The molecule has 0 atom stereocenters. The molecule has 0 aliphatic carbocycles. The van der Waals surface area contributed by atoms with Gasteiger partial charge in [0.2, 0.25) is 0 Å². The van der Waals surface area contributed by atoms with Gasteiger partial charge in [-0.2, -0.15) is 0 Å². The molecule has 3 rings (SSSR count). The molecular formula is C16H13BrN2O. The topological polar surface area (TPSA) is 34.9 Å². The lowest BCUT2D eigenvalue weighted by Crippen LogP contribution is -2.23. The summed E-state index contributed by atoms with van der Waals surface area (Å²) in [6.07, 6.45) is 2.42. The predicted octanol–water partition coefficient (Wildman–Crippen LogP) is 3.32. The summed E-state index contributed by atoms with van der Waals surface area (Å²) in [5.41, 5.74) is 2.34. The van der Waals surface area contributed by atoms with Crippen LogP contribution in [-0.2, 0) is 6.42 Å². The fourth-order valence-corrected chi connectivity index (χ4v) is 2.72. The second kappa shape index (κ2) is 5.59.